The van der Waals surface area contributed by atoms with Crippen molar-refractivity contribution in [3.05, 3.63) is 45.9 Å². The standard InChI is InChI=1S/C16H21N3OS/c1-11(16-10-21-12(2)18-16)17-15-8-6-5-7-14(15)9-19(4)13(3)20/h5-8,10-11,17H,9H2,1-4H3. The molecule has 0 radical (unpaired) electrons. The summed E-state index contributed by atoms with van der Waals surface area (Å²) in [5.41, 5.74) is 3.20. The molecule has 1 N–H and O–H groups in total. The molecule has 0 fully saturated rings. The third-order valence-corrected chi connectivity index (χ3v) is 4.21. The second kappa shape index (κ2) is 6.72. The first kappa shape index (κ1) is 15.5. The molecule has 1 atom stereocenters. The van der Waals surface area contributed by atoms with Gasteiger partial charge in [-0.2, -0.15) is 0 Å². The minimum absolute atomic E-state index is 0.0629. The molecule has 0 saturated heterocycles. The lowest BCUT2D eigenvalue weighted by Gasteiger charge is -2.20. The largest absolute Gasteiger partial charge is 0.377 e. The molecule has 0 spiro atoms. The van der Waals surface area contributed by atoms with Gasteiger partial charge in [0, 0.05) is 31.6 Å². The molecule has 21 heavy (non-hydrogen) atoms. The van der Waals surface area contributed by atoms with Crippen LogP contribution in [0.25, 0.3) is 0 Å². The number of aryl methyl sites for hydroxylation is 1. The molecule has 1 aromatic carbocycles. The van der Waals surface area contributed by atoms with Gasteiger partial charge in [-0.1, -0.05) is 18.2 Å². The molecule has 4 nitrogen and oxygen atoms in total. The number of nitrogens with zero attached hydrogens (tertiary/aromatic N) is 2. The van der Waals surface area contributed by atoms with Gasteiger partial charge >= 0.3 is 0 Å². The van der Waals surface area contributed by atoms with Gasteiger partial charge < -0.3 is 10.2 Å². The molecule has 2 rings (SSSR count). The second-order valence-corrected chi connectivity index (χ2v) is 6.25. The maximum Gasteiger partial charge on any atom is 0.219 e. The number of thiazole rings is 1. The maximum atomic E-state index is 11.4. The van der Waals surface area contributed by atoms with Crippen LogP contribution in [0, 0.1) is 6.92 Å². The Bertz CT molecular complexity index is 623. The fourth-order valence-electron chi connectivity index (χ4n) is 2.05. The number of carbonyl (C=O) groups excluding carboxylic acids is 1. The van der Waals surface area contributed by atoms with Crippen molar-refractivity contribution in [1.29, 1.82) is 0 Å². The Kier molecular flexibility index (Phi) is 4.96. The van der Waals surface area contributed by atoms with Crippen LogP contribution in [0.4, 0.5) is 5.69 Å². The Morgan fingerprint density at radius 1 is 1.43 bits per heavy atom. The zero-order valence-corrected chi connectivity index (χ0v) is 13.7. The number of amides is 1. The third-order valence-electron chi connectivity index (χ3n) is 3.41. The normalized spacial score (nSPS) is 12.0. The van der Waals surface area contributed by atoms with E-state index >= 15 is 0 Å². The molecule has 1 aromatic heterocycles. The Labute approximate surface area is 129 Å². The number of aromatic nitrogens is 1. The van der Waals surface area contributed by atoms with Crippen LogP contribution in [0.15, 0.2) is 29.6 Å². The molecule has 0 aliphatic carbocycles. The van der Waals surface area contributed by atoms with Crippen LogP contribution >= 0.6 is 11.3 Å². The van der Waals surface area contributed by atoms with Gasteiger partial charge in [-0.3, -0.25) is 4.79 Å². The average molecular weight is 303 g/mol. The van der Waals surface area contributed by atoms with E-state index in [-0.39, 0.29) is 11.9 Å². The van der Waals surface area contributed by atoms with Crippen molar-refractivity contribution < 1.29 is 4.79 Å². The highest BCUT2D eigenvalue weighted by atomic mass is 32.1. The number of anilines is 1. The number of hydrogen-bond donors (Lipinski definition) is 1. The molecular weight excluding hydrogens is 282 g/mol. The Morgan fingerprint density at radius 3 is 2.76 bits per heavy atom. The molecule has 2 aromatic rings. The minimum Gasteiger partial charge on any atom is -0.377 e. The summed E-state index contributed by atoms with van der Waals surface area (Å²) in [6.45, 7) is 6.29. The van der Waals surface area contributed by atoms with E-state index in [1.807, 2.05) is 38.2 Å². The van der Waals surface area contributed by atoms with Crippen LogP contribution < -0.4 is 5.32 Å². The Morgan fingerprint density at radius 2 is 2.14 bits per heavy atom. The van der Waals surface area contributed by atoms with Crippen LogP contribution in [0.2, 0.25) is 0 Å². The fourth-order valence-corrected chi connectivity index (χ4v) is 2.76. The molecule has 1 amide bonds. The van der Waals surface area contributed by atoms with E-state index in [0.717, 1.165) is 22.0 Å². The van der Waals surface area contributed by atoms with E-state index in [1.165, 1.54) is 0 Å². The number of nitrogens with one attached hydrogen (secondary N) is 1. The number of carbonyl (C=O) groups is 1. The molecule has 5 heteroatoms. The monoisotopic (exact) mass is 303 g/mol. The average Bonchev–Trinajstić information content (AvgIpc) is 2.87. The number of benzene rings is 1. The van der Waals surface area contributed by atoms with Crippen molar-refractivity contribution in [1.82, 2.24) is 9.88 Å². The molecule has 0 saturated carbocycles. The van der Waals surface area contributed by atoms with E-state index in [1.54, 1.807) is 23.2 Å². The number of para-hydroxylation sites is 1. The van der Waals surface area contributed by atoms with Crippen LogP contribution in [0.1, 0.15) is 36.2 Å². The summed E-state index contributed by atoms with van der Waals surface area (Å²) in [6, 6.07) is 8.21. The van der Waals surface area contributed by atoms with E-state index in [4.69, 9.17) is 0 Å². The van der Waals surface area contributed by atoms with Gasteiger partial charge in [-0.05, 0) is 25.5 Å². The van der Waals surface area contributed by atoms with E-state index in [9.17, 15) is 4.79 Å². The zero-order valence-electron chi connectivity index (χ0n) is 12.9. The first-order valence-electron chi connectivity index (χ1n) is 6.95. The van der Waals surface area contributed by atoms with Gasteiger partial charge in [0.05, 0.1) is 16.7 Å². The van der Waals surface area contributed by atoms with Crippen LogP contribution in [0.5, 0.6) is 0 Å². The van der Waals surface area contributed by atoms with Gasteiger partial charge in [-0.25, -0.2) is 4.98 Å². The summed E-state index contributed by atoms with van der Waals surface area (Å²) in [4.78, 5) is 17.6. The predicted molar refractivity (Wildman–Crippen MR) is 87.5 cm³/mol. The van der Waals surface area contributed by atoms with Crippen molar-refractivity contribution in [2.24, 2.45) is 0 Å². The molecule has 112 valence electrons. The lowest BCUT2D eigenvalue weighted by Crippen LogP contribution is -2.23. The van der Waals surface area contributed by atoms with Crippen molar-refractivity contribution >= 4 is 22.9 Å². The Hall–Kier alpha value is -1.88. The molecule has 1 heterocycles. The third kappa shape index (κ3) is 4.04. The molecule has 0 bridgehead atoms. The first-order valence-corrected chi connectivity index (χ1v) is 7.83. The van der Waals surface area contributed by atoms with Crippen LogP contribution in [0.3, 0.4) is 0 Å². The molecular formula is C16H21N3OS. The number of hydrogen-bond acceptors (Lipinski definition) is 4. The number of rotatable bonds is 5. The molecule has 1 unspecified atom stereocenters. The SMILES string of the molecule is CC(=O)N(C)Cc1ccccc1NC(C)c1csc(C)n1. The lowest BCUT2D eigenvalue weighted by molar-refractivity contribution is -0.128. The van der Waals surface area contributed by atoms with Crippen molar-refractivity contribution in [2.45, 2.75) is 33.4 Å². The summed E-state index contributed by atoms with van der Waals surface area (Å²) >= 11 is 1.66. The molecule has 0 aliphatic heterocycles. The highest BCUT2D eigenvalue weighted by Crippen LogP contribution is 2.24. The Balaban J connectivity index is 2.14. The van der Waals surface area contributed by atoms with Crippen LogP contribution in [-0.2, 0) is 11.3 Å². The van der Waals surface area contributed by atoms with Crippen LogP contribution in [-0.4, -0.2) is 22.8 Å². The molecule has 0 aliphatic rings. The topological polar surface area (TPSA) is 45.2 Å². The van der Waals surface area contributed by atoms with Gasteiger partial charge in [0.2, 0.25) is 5.91 Å². The highest BCUT2D eigenvalue weighted by Gasteiger charge is 2.12. The summed E-state index contributed by atoms with van der Waals surface area (Å²) in [6.07, 6.45) is 0. The van der Waals surface area contributed by atoms with Crippen molar-refractivity contribution in [3.8, 4) is 0 Å². The summed E-state index contributed by atoms with van der Waals surface area (Å²) in [5.74, 6) is 0.0629. The second-order valence-electron chi connectivity index (χ2n) is 5.19. The summed E-state index contributed by atoms with van der Waals surface area (Å²) < 4.78 is 0. The van der Waals surface area contributed by atoms with Gasteiger partial charge in [0.25, 0.3) is 0 Å². The van der Waals surface area contributed by atoms with E-state index in [2.05, 4.69) is 22.6 Å². The van der Waals surface area contributed by atoms with Crippen molar-refractivity contribution in [2.75, 3.05) is 12.4 Å². The fraction of sp³-hybridized carbons (Fsp3) is 0.375. The predicted octanol–water partition coefficient (Wildman–Crippen LogP) is 3.60. The summed E-state index contributed by atoms with van der Waals surface area (Å²) in [7, 11) is 1.81. The smallest absolute Gasteiger partial charge is 0.219 e. The maximum absolute atomic E-state index is 11.4. The lowest BCUT2D eigenvalue weighted by atomic mass is 10.1. The van der Waals surface area contributed by atoms with Gasteiger partial charge in [-0.15, -0.1) is 11.3 Å². The quantitative estimate of drug-likeness (QED) is 0.918. The van der Waals surface area contributed by atoms with Gasteiger partial charge in [0.15, 0.2) is 0 Å². The highest BCUT2D eigenvalue weighted by molar-refractivity contribution is 7.09. The zero-order chi connectivity index (χ0) is 15.4. The van der Waals surface area contributed by atoms with Gasteiger partial charge in [0.1, 0.15) is 0 Å². The van der Waals surface area contributed by atoms with E-state index < -0.39 is 0 Å². The van der Waals surface area contributed by atoms with E-state index in [0.29, 0.717) is 6.54 Å². The summed E-state index contributed by atoms with van der Waals surface area (Å²) in [5, 5.41) is 6.64. The van der Waals surface area contributed by atoms with Crippen molar-refractivity contribution in [3.63, 3.8) is 0 Å². The minimum atomic E-state index is 0.0629. The first-order chi connectivity index (χ1) is 9.97.